The molecule has 1 heterocycles. The summed E-state index contributed by atoms with van der Waals surface area (Å²) in [5.74, 6) is 0.0210. The summed E-state index contributed by atoms with van der Waals surface area (Å²) in [5, 5.41) is 13.0. The van der Waals surface area contributed by atoms with E-state index in [1.54, 1.807) is 7.11 Å². The molecule has 18 heavy (non-hydrogen) atoms. The molecule has 0 atom stereocenters. The van der Waals surface area contributed by atoms with Gasteiger partial charge in [-0.2, -0.15) is 4.37 Å². The first kappa shape index (κ1) is 13.2. The second-order valence-corrected chi connectivity index (χ2v) is 5.30. The summed E-state index contributed by atoms with van der Waals surface area (Å²) in [6.07, 6.45) is 3.15. The smallest absolute Gasteiger partial charge is 0.311 e. The minimum Gasteiger partial charge on any atom is -0.481 e. The second kappa shape index (κ2) is 5.62. The Morgan fingerprint density at radius 1 is 1.61 bits per heavy atom. The van der Waals surface area contributed by atoms with Gasteiger partial charge in [-0.15, -0.1) is 0 Å². The molecule has 1 aliphatic rings. The van der Waals surface area contributed by atoms with Crippen LogP contribution in [0.1, 0.15) is 25.1 Å². The summed E-state index contributed by atoms with van der Waals surface area (Å²) in [4.78, 5) is 15.5. The third-order valence-corrected chi connectivity index (χ3v) is 4.05. The van der Waals surface area contributed by atoms with Crippen LogP contribution in [0.3, 0.4) is 0 Å². The number of anilines is 1. The molecule has 100 valence electrons. The van der Waals surface area contributed by atoms with E-state index in [2.05, 4.69) is 14.7 Å². The lowest BCUT2D eigenvalue weighted by Gasteiger charge is -2.37. The van der Waals surface area contributed by atoms with Crippen LogP contribution in [0.25, 0.3) is 0 Å². The molecule has 0 bridgehead atoms. The van der Waals surface area contributed by atoms with Gasteiger partial charge >= 0.3 is 5.97 Å². The normalized spacial score (nSPS) is 17.2. The number of carbonyl (C=O) groups is 1. The molecule has 1 aromatic rings. The molecule has 2 rings (SSSR count). The first-order valence-electron chi connectivity index (χ1n) is 5.95. The molecule has 1 saturated carbocycles. The van der Waals surface area contributed by atoms with Crippen LogP contribution in [0, 0.1) is 5.41 Å². The average Bonchev–Trinajstić information content (AvgIpc) is 2.72. The Morgan fingerprint density at radius 2 is 2.39 bits per heavy atom. The van der Waals surface area contributed by atoms with Gasteiger partial charge < -0.3 is 15.2 Å². The van der Waals surface area contributed by atoms with Crippen molar-refractivity contribution in [2.24, 2.45) is 5.41 Å². The lowest BCUT2D eigenvalue weighted by atomic mass is 9.69. The fourth-order valence-electron chi connectivity index (χ4n) is 1.94. The monoisotopic (exact) mass is 271 g/mol. The fraction of sp³-hybridized carbons (Fsp3) is 0.727. The van der Waals surface area contributed by atoms with E-state index in [0.29, 0.717) is 24.7 Å². The maximum absolute atomic E-state index is 11.2. The van der Waals surface area contributed by atoms with Crippen molar-refractivity contribution in [3.8, 4) is 0 Å². The Labute approximate surface area is 110 Å². The largest absolute Gasteiger partial charge is 0.481 e. The number of aromatic nitrogens is 2. The zero-order chi connectivity index (χ0) is 13.0. The van der Waals surface area contributed by atoms with Crippen molar-refractivity contribution in [1.29, 1.82) is 0 Å². The number of carboxylic acid groups (broad SMARTS) is 1. The Morgan fingerprint density at radius 3 is 2.94 bits per heavy atom. The van der Waals surface area contributed by atoms with Crippen molar-refractivity contribution >= 4 is 22.6 Å². The van der Waals surface area contributed by atoms with Gasteiger partial charge in [-0.3, -0.25) is 4.79 Å². The van der Waals surface area contributed by atoms with E-state index in [4.69, 9.17) is 4.74 Å². The Bertz CT molecular complexity index is 417. The first-order valence-corrected chi connectivity index (χ1v) is 6.72. The number of nitrogens with zero attached hydrogens (tertiary/aromatic N) is 2. The predicted octanol–water partition coefficient (Wildman–Crippen LogP) is 1.39. The topological polar surface area (TPSA) is 84.3 Å². The first-order chi connectivity index (χ1) is 8.66. The SMILES string of the molecule is COCCc1nsc(NCC2(C(=O)O)CCC2)n1. The number of rotatable bonds is 7. The Kier molecular flexibility index (Phi) is 4.13. The van der Waals surface area contributed by atoms with Gasteiger partial charge in [0, 0.05) is 31.6 Å². The van der Waals surface area contributed by atoms with E-state index in [-0.39, 0.29) is 0 Å². The molecular weight excluding hydrogens is 254 g/mol. The van der Waals surface area contributed by atoms with Gasteiger partial charge in [0.1, 0.15) is 5.82 Å². The molecule has 1 fully saturated rings. The summed E-state index contributed by atoms with van der Waals surface area (Å²) in [5.41, 5.74) is -0.599. The Hall–Kier alpha value is -1.21. The summed E-state index contributed by atoms with van der Waals surface area (Å²) in [6, 6.07) is 0. The zero-order valence-corrected chi connectivity index (χ0v) is 11.1. The number of hydrogen-bond donors (Lipinski definition) is 2. The molecule has 0 radical (unpaired) electrons. The molecule has 1 aliphatic carbocycles. The van der Waals surface area contributed by atoms with Crippen LogP contribution in [0.5, 0.6) is 0 Å². The molecule has 6 nitrogen and oxygen atoms in total. The number of ether oxygens (including phenoxy) is 1. The lowest BCUT2D eigenvalue weighted by molar-refractivity contribution is -0.153. The fourth-order valence-corrected chi connectivity index (χ4v) is 2.54. The van der Waals surface area contributed by atoms with Gasteiger partial charge in [0.05, 0.1) is 12.0 Å². The summed E-state index contributed by atoms with van der Waals surface area (Å²) >= 11 is 1.27. The molecule has 0 aromatic carbocycles. The highest BCUT2D eigenvalue weighted by Gasteiger charge is 2.44. The van der Waals surface area contributed by atoms with Crippen molar-refractivity contribution in [2.45, 2.75) is 25.7 Å². The van der Waals surface area contributed by atoms with E-state index in [1.807, 2.05) is 0 Å². The van der Waals surface area contributed by atoms with Gasteiger partial charge in [-0.25, -0.2) is 4.98 Å². The van der Waals surface area contributed by atoms with Crippen LogP contribution >= 0.6 is 11.5 Å². The molecule has 0 spiro atoms. The van der Waals surface area contributed by atoms with Crippen molar-refractivity contribution < 1.29 is 14.6 Å². The van der Waals surface area contributed by atoms with Crippen LogP contribution in [0.15, 0.2) is 0 Å². The quantitative estimate of drug-likeness (QED) is 0.779. The van der Waals surface area contributed by atoms with Gasteiger partial charge in [0.15, 0.2) is 0 Å². The van der Waals surface area contributed by atoms with E-state index < -0.39 is 11.4 Å². The number of carboxylic acids is 1. The summed E-state index contributed by atoms with van der Waals surface area (Å²) < 4.78 is 9.14. The zero-order valence-electron chi connectivity index (χ0n) is 10.3. The maximum Gasteiger partial charge on any atom is 0.311 e. The lowest BCUT2D eigenvalue weighted by Crippen LogP contribution is -2.43. The van der Waals surface area contributed by atoms with E-state index in [0.717, 1.165) is 25.1 Å². The number of aliphatic carboxylic acids is 1. The van der Waals surface area contributed by atoms with Crippen molar-refractivity contribution in [1.82, 2.24) is 9.36 Å². The van der Waals surface area contributed by atoms with Crippen LogP contribution in [0.4, 0.5) is 5.13 Å². The van der Waals surface area contributed by atoms with Gasteiger partial charge in [-0.05, 0) is 12.8 Å². The predicted molar refractivity (Wildman–Crippen MR) is 67.9 cm³/mol. The van der Waals surface area contributed by atoms with Crippen LogP contribution in [-0.2, 0) is 16.0 Å². The van der Waals surface area contributed by atoms with Crippen LogP contribution in [0.2, 0.25) is 0 Å². The molecule has 0 aliphatic heterocycles. The van der Waals surface area contributed by atoms with Crippen LogP contribution in [-0.4, -0.2) is 40.7 Å². The number of methoxy groups -OCH3 is 1. The molecular formula is C11H17N3O3S. The molecule has 1 aromatic heterocycles. The highest BCUT2D eigenvalue weighted by atomic mass is 32.1. The third-order valence-electron chi connectivity index (χ3n) is 3.34. The molecule has 2 N–H and O–H groups in total. The molecule has 0 unspecified atom stereocenters. The third kappa shape index (κ3) is 2.78. The molecule has 0 saturated heterocycles. The van der Waals surface area contributed by atoms with E-state index >= 15 is 0 Å². The van der Waals surface area contributed by atoms with Crippen LogP contribution < -0.4 is 5.32 Å². The van der Waals surface area contributed by atoms with Crippen molar-refractivity contribution in [3.05, 3.63) is 5.82 Å². The highest BCUT2D eigenvalue weighted by Crippen LogP contribution is 2.41. The van der Waals surface area contributed by atoms with Crippen molar-refractivity contribution in [2.75, 3.05) is 25.6 Å². The minimum atomic E-state index is -0.717. The van der Waals surface area contributed by atoms with Crippen molar-refractivity contribution in [3.63, 3.8) is 0 Å². The Balaban J connectivity index is 1.86. The number of nitrogens with one attached hydrogen (secondary N) is 1. The van der Waals surface area contributed by atoms with Gasteiger partial charge in [0.25, 0.3) is 0 Å². The summed E-state index contributed by atoms with van der Waals surface area (Å²) in [6.45, 7) is 1.02. The van der Waals surface area contributed by atoms with Gasteiger partial charge in [-0.1, -0.05) is 6.42 Å². The number of hydrogen-bond acceptors (Lipinski definition) is 6. The van der Waals surface area contributed by atoms with Gasteiger partial charge in [0.2, 0.25) is 5.13 Å². The minimum absolute atomic E-state index is 0.432. The van der Waals surface area contributed by atoms with E-state index in [1.165, 1.54) is 11.5 Å². The average molecular weight is 271 g/mol. The maximum atomic E-state index is 11.2. The summed E-state index contributed by atoms with van der Waals surface area (Å²) in [7, 11) is 1.64. The molecule has 7 heteroatoms. The van der Waals surface area contributed by atoms with E-state index in [9.17, 15) is 9.90 Å². The molecule has 0 amide bonds. The standard InChI is InChI=1S/C11H17N3O3S/c1-17-6-3-8-13-10(18-14-8)12-7-11(9(15)16)4-2-5-11/h2-7H2,1H3,(H,15,16)(H,12,13,14). The highest BCUT2D eigenvalue weighted by molar-refractivity contribution is 7.09. The second-order valence-electron chi connectivity index (χ2n) is 4.55.